The molecule has 3 rings (SSSR count). The average Bonchev–Trinajstić information content (AvgIpc) is 2.62. The van der Waals surface area contributed by atoms with Crippen LogP contribution in [0, 0.1) is 0 Å². The fourth-order valence-electron chi connectivity index (χ4n) is 3.10. The van der Waals surface area contributed by atoms with Gasteiger partial charge in [0.2, 0.25) is 0 Å². The zero-order valence-corrected chi connectivity index (χ0v) is 14.1. The zero-order chi connectivity index (χ0) is 16.9. The minimum Gasteiger partial charge on any atom is -0.497 e. The number of carbonyl (C=O) groups is 1. The summed E-state index contributed by atoms with van der Waals surface area (Å²) < 4.78 is 10.9. The first-order valence-corrected chi connectivity index (χ1v) is 8.36. The van der Waals surface area contributed by atoms with Crippen molar-refractivity contribution in [1.29, 1.82) is 0 Å². The van der Waals surface area contributed by atoms with E-state index in [2.05, 4.69) is 23.5 Å². The van der Waals surface area contributed by atoms with E-state index < -0.39 is 6.10 Å². The Hall–Kier alpha value is -2.49. The Bertz CT molecular complexity index is 696. The minimum absolute atomic E-state index is 0.0735. The quantitative estimate of drug-likeness (QED) is 0.913. The monoisotopic (exact) mass is 325 g/mol. The van der Waals surface area contributed by atoms with Crippen molar-refractivity contribution in [3.05, 3.63) is 59.7 Å². The second kappa shape index (κ2) is 7.39. The van der Waals surface area contributed by atoms with E-state index in [4.69, 9.17) is 9.47 Å². The van der Waals surface area contributed by atoms with Gasteiger partial charge in [0.05, 0.1) is 13.2 Å². The molecule has 0 fully saturated rings. The number of benzene rings is 2. The van der Waals surface area contributed by atoms with Crippen LogP contribution in [0.2, 0.25) is 0 Å². The average molecular weight is 325 g/mol. The Morgan fingerprint density at radius 3 is 2.58 bits per heavy atom. The lowest BCUT2D eigenvalue weighted by molar-refractivity contribution is -0.128. The van der Waals surface area contributed by atoms with E-state index in [0.717, 1.165) is 25.0 Å². The summed E-state index contributed by atoms with van der Waals surface area (Å²) in [7, 11) is 1.62. The molecule has 2 aromatic carbocycles. The highest BCUT2D eigenvalue weighted by molar-refractivity contribution is 5.81. The lowest BCUT2D eigenvalue weighted by Crippen LogP contribution is -2.39. The Morgan fingerprint density at radius 2 is 1.83 bits per heavy atom. The maximum atomic E-state index is 12.5. The van der Waals surface area contributed by atoms with Gasteiger partial charge in [-0.1, -0.05) is 24.3 Å². The summed E-state index contributed by atoms with van der Waals surface area (Å²) in [6, 6.07) is 15.6. The van der Waals surface area contributed by atoms with E-state index >= 15 is 0 Å². The highest BCUT2D eigenvalue weighted by Gasteiger charge is 2.24. The van der Waals surface area contributed by atoms with Gasteiger partial charge in [0, 0.05) is 0 Å². The Balaban J connectivity index is 1.62. The van der Waals surface area contributed by atoms with Gasteiger partial charge in [-0.05, 0) is 61.6 Å². The van der Waals surface area contributed by atoms with E-state index in [-0.39, 0.29) is 11.9 Å². The van der Waals surface area contributed by atoms with Crippen LogP contribution in [0.5, 0.6) is 11.5 Å². The number of hydrogen-bond donors (Lipinski definition) is 1. The molecule has 126 valence electrons. The molecule has 4 heteroatoms. The maximum Gasteiger partial charge on any atom is 0.261 e. The summed E-state index contributed by atoms with van der Waals surface area (Å²) in [5, 5.41) is 3.13. The van der Waals surface area contributed by atoms with E-state index in [1.54, 1.807) is 26.2 Å². The first-order valence-electron chi connectivity index (χ1n) is 8.36. The van der Waals surface area contributed by atoms with Crippen molar-refractivity contribution in [3.63, 3.8) is 0 Å². The third-order valence-electron chi connectivity index (χ3n) is 4.43. The fraction of sp³-hybridized carbons (Fsp3) is 0.350. The Labute approximate surface area is 142 Å². The van der Waals surface area contributed by atoms with Gasteiger partial charge < -0.3 is 14.8 Å². The Kier molecular flexibility index (Phi) is 5.04. The molecule has 0 aliphatic heterocycles. The standard InChI is InChI=1S/C20H23NO3/c1-14(24-17-12-10-16(23-2)11-13-17)20(22)21-19-9-5-7-15-6-3-4-8-18(15)19/h3-4,6,8,10-14,19H,5,7,9H2,1-2H3,(H,21,22)/t14-,19+/m0/s1. The summed E-state index contributed by atoms with van der Waals surface area (Å²) in [6.45, 7) is 1.77. The van der Waals surface area contributed by atoms with Crippen LogP contribution in [0.25, 0.3) is 0 Å². The SMILES string of the molecule is COc1ccc(O[C@@H](C)C(=O)N[C@@H]2CCCc3ccccc32)cc1. The number of hydrogen-bond acceptors (Lipinski definition) is 3. The van der Waals surface area contributed by atoms with Crippen molar-refractivity contribution in [1.82, 2.24) is 5.32 Å². The van der Waals surface area contributed by atoms with E-state index in [1.807, 2.05) is 18.2 Å². The lowest BCUT2D eigenvalue weighted by Gasteiger charge is -2.27. The van der Waals surface area contributed by atoms with Gasteiger partial charge in [-0.3, -0.25) is 4.79 Å². The van der Waals surface area contributed by atoms with E-state index in [0.29, 0.717) is 5.75 Å². The highest BCUT2D eigenvalue weighted by Crippen LogP contribution is 2.29. The fourth-order valence-corrected chi connectivity index (χ4v) is 3.10. The molecule has 1 aliphatic carbocycles. The van der Waals surface area contributed by atoms with Crippen molar-refractivity contribution in [2.75, 3.05) is 7.11 Å². The topological polar surface area (TPSA) is 47.6 Å². The number of methoxy groups -OCH3 is 1. The van der Waals surface area contributed by atoms with Crippen molar-refractivity contribution in [3.8, 4) is 11.5 Å². The first-order chi connectivity index (χ1) is 11.7. The summed E-state index contributed by atoms with van der Waals surface area (Å²) in [6.07, 6.45) is 2.60. The lowest BCUT2D eigenvalue weighted by atomic mass is 9.87. The number of amides is 1. The van der Waals surface area contributed by atoms with Gasteiger partial charge in [-0.2, -0.15) is 0 Å². The van der Waals surface area contributed by atoms with Crippen molar-refractivity contribution < 1.29 is 14.3 Å². The van der Waals surface area contributed by atoms with Crippen LogP contribution >= 0.6 is 0 Å². The molecule has 1 amide bonds. The van der Waals surface area contributed by atoms with Crippen LogP contribution < -0.4 is 14.8 Å². The van der Waals surface area contributed by atoms with Crippen molar-refractivity contribution in [2.45, 2.75) is 38.3 Å². The molecule has 0 heterocycles. The summed E-state index contributed by atoms with van der Waals surface area (Å²) in [5.74, 6) is 1.33. The van der Waals surface area contributed by atoms with Crippen LogP contribution in [-0.4, -0.2) is 19.1 Å². The normalized spacial score (nSPS) is 17.5. The van der Waals surface area contributed by atoms with Gasteiger partial charge in [-0.15, -0.1) is 0 Å². The molecule has 0 bridgehead atoms. The van der Waals surface area contributed by atoms with Crippen molar-refractivity contribution >= 4 is 5.91 Å². The molecule has 0 aromatic heterocycles. The van der Waals surface area contributed by atoms with Crippen LogP contribution in [0.15, 0.2) is 48.5 Å². The van der Waals surface area contributed by atoms with Gasteiger partial charge in [0.25, 0.3) is 5.91 Å². The van der Waals surface area contributed by atoms with Gasteiger partial charge in [0.15, 0.2) is 6.10 Å². The van der Waals surface area contributed by atoms with Crippen LogP contribution in [0.3, 0.4) is 0 Å². The minimum atomic E-state index is -0.549. The van der Waals surface area contributed by atoms with Crippen LogP contribution in [-0.2, 0) is 11.2 Å². The molecule has 0 saturated carbocycles. The summed E-state index contributed by atoms with van der Waals surface area (Å²) >= 11 is 0. The number of nitrogens with one attached hydrogen (secondary N) is 1. The second-order valence-corrected chi connectivity index (χ2v) is 6.09. The molecule has 1 aliphatic rings. The maximum absolute atomic E-state index is 12.5. The number of fused-ring (bicyclic) bond motifs is 1. The highest BCUT2D eigenvalue weighted by atomic mass is 16.5. The number of rotatable bonds is 5. The van der Waals surface area contributed by atoms with E-state index in [1.165, 1.54) is 11.1 Å². The largest absolute Gasteiger partial charge is 0.497 e. The predicted molar refractivity (Wildman–Crippen MR) is 93.3 cm³/mol. The molecule has 4 nitrogen and oxygen atoms in total. The van der Waals surface area contributed by atoms with Crippen molar-refractivity contribution in [2.24, 2.45) is 0 Å². The Morgan fingerprint density at radius 1 is 1.12 bits per heavy atom. The molecular formula is C20H23NO3. The number of ether oxygens (including phenoxy) is 2. The smallest absolute Gasteiger partial charge is 0.261 e. The van der Waals surface area contributed by atoms with Gasteiger partial charge in [-0.25, -0.2) is 0 Å². The third kappa shape index (κ3) is 3.70. The molecule has 0 radical (unpaired) electrons. The zero-order valence-electron chi connectivity index (χ0n) is 14.1. The molecule has 0 spiro atoms. The molecule has 1 N–H and O–H groups in total. The molecule has 24 heavy (non-hydrogen) atoms. The molecule has 0 unspecified atom stereocenters. The van der Waals surface area contributed by atoms with Crippen LogP contribution in [0.4, 0.5) is 0 Å². The third-order valence-corrected chi connectivity index (χ3v) is 4.43. The predicted octanol–water partition coefficient (Wildman–Crippen LogP) is 3.66. The number of aryl methyl sites for hydroxylation is 1. The summed E-state index contributed by atoms with van der Waals surface area (Å²) in [4.78, 5) is 12.5. The summed E-state index contributed by atoms with van der Waals surface area (Å²) in [5.41, 5.74) is 2.56. The van der Waals surface area contributed by atoms with Gasteiger partial charge in [0.1, 0.15) is 11.5 Å². The van der Waals surface area contributed by atoms with Crippen LogP contribution in [0.1, 0.15) is 36.9 Å². The molecule has 0 saturated heterocycles. The number of carbonyl (C=O) groups excluding carboxylic acids is 1. The van der Waals surface area contributed by atoms with E-state index in [9.17, 15) is 4.79 Å². The second-order valence-electron chi connectivity index (χ2n) is 6.09. The first kappa shape index (κ1) is 16.4. The molecule has 2 aromatic rings. The molecule has 2 atom stereocenters. The molecular weight excluding hydrogens is 302 g/mol. The van der Waals surface area contributed by atoms with Gasteiger partial charge >= 0.3 is 0 Å².